The van der Waals surface area contributed by atoms with E-state index in [0.717, 1.165) is 31.3 Å². The molecule has 1 aromatic heterocycles. The molecule has 2 aromatic rings. The van der Waals surface area contributed by atoms with Crippen molar-refractivity contribution < 1.29 is 9.21 Å². The maximum Gasteiger partial charge on any atom is 0.289 e. The summed E-state index contributed by atoms with van der Waals surface area (Å²) in [4.78, 5) is 14.1. The van der Waals surface area contributed by atoms with E-state index in [4.69, 9.17) is 10.2 Å². The Morgan fingerprint density at radius 3 is 2.72 bits per heavy atom. The van der Waals surface area contributed by atoms with Crippen molar-refractivity contribution in [3.63, 3.8) is 0 Å². The fraction of sp³-hybridized carbons (Fsp3) is 0.357. The Morgan fingerprint density at radius 2 is 1.94 bits per heavy atom. The fourth-order valence-electron chi connectivity index (χ4n) is 2.42. The summed E-state index contributed by atoms with van der Waals surface area (Å²) in [5.41, 5.74) is 7.11. The van der Waals surface area contributed by atoms with Crippen molar-refractivity contribution in [1.82, 2.24) is 4.90 Å². The Bertz CT molecular complexity index is 582. The van der Waals surface area contributed by atoms with Crippen LogP contribution in [-0.2, 0) is 0 Å². The molecule has 2 N–H and O–H groups in total. The number of piperidine rings is 1. The normalized spacial score (nSPS) is 16.1. The molecule has 0 saturated carbocycles. The van der Waals surface area contributed by atoms with Gasteiger partial charge in [-0.3, -0.25) is 4.79 Å². The van der Waals surface area contributed by atoms with E-state index in [1.807, 2.05) is 11.0 Å². The van der Waals surface area contributed by atoms with E-state index in [1.54, 1.807) is 18.2 Å². The van der Waals surface area contributed by atoms with Gasteiger partial charge in [-0.05, 0) is 43.5 Å². The molecule has 1 fully saturated rings. The molecular formula is C14H16N2O2. The summed E-state index contributed by atoms with van der Waals surface area (Å²) in [6.45, 7) is 1.66. The SMILES string of the molecule is Nc1ccc2oc(C(=O)N3CCCCC3)cc2c1. The second kappa shape index (κ2) is 4.37. The molecular weight excluding hydrogens is 228 g/mol. The van der Waals surface area contributed by atoms with Gasteiger partial charge in [-0.1, -0.05) is 0 Å². The molecule has 1 saturated heterocycles. The van der Waals surface area contributed by atoms with E-state index in [9.17, 15) is 4.79 Å². The number of nitrogens with two attached hydrogens (primary N) is 1. The van der Waals surface area contributed by atoms with Crippen LogP contribution in [0.25, 0.3) is 11.0 Å². The number of carbonyl (C=O) groups excluding carboxylic acids is 1. The van der Waals surface area contributed by atoms with Crippen LogP contribution in [0.4, 0.5) is 5.69 Å². The first-order valence-corrected chi connectivity index (χ1v) is 6.32. The first-order valence-electron chi connectivity index (χ1n) is 6.32. The lowest BCUT2D eigenvalue weighted by Gasteiger charge is -2.25. The van der Waals surface area contributed by atoms with Crippen LogP contribution in [-0.4, -0.2) is 23.9 Å². The highest BCUT2D eigenvalue weighted by Gasteiger charge is 2.21. The molecule has 18 heavy (non-hydrogen) atoms. The van der Waals surface area contributed by atoms with E-state index in [0.29, 0.717) is 17.0 Å². The Balaban J connectivity index is 1.91. The zero-order valence-electron chi connectivity index (χ0n) is 10.2. The molecule has 1 aliphatic heterocycles. The Labute approximate surface area is 105 Å². The molecule has 4 nitrogen and oxygen atoms in total. The molecule has 0 aliphatic carbocycles. The summed E-state index contributed by atoms with van der Waals surface area (Å²) in [7, 11) is 0. The third kappa shape index (κ3) is 1.94. The minimum absolute atomic E-state index is 0.00975. The van der Waals surface area contributed by atoms with Gasteiger partial charge in [-0.2, -0.15) is 0 Å². The zero-order chi connectivity index (χ0) is 12.5. The number of carbonyl (C=O) groups is 1. The molecule has 1 amide bonds. The number of fused-ring (bicyclic) bond motifs is 1. The third-order valence-corrected chi connectivity index (χ3v) is 3.39. The van der Waals surface area contributed by atoms with Crippen LogP contribution >= 0.6 is 0 Å². The lowest BCUT2D eigenvalue weighted by Crippen LogP contribution is -2.35. The minimum Gasteiger partial charge on any atom is -0.451 e. The standard InChI is InChI=1S/C14H16N2O2/c15-11-4-5-12-10(8-11)9-13(18-12)14(17)16-6-2-1-3-7-16/h4-5,8-9H,1-3,6-7,15H2. The number of nitrogen functional groups attached to an aromatic ring is 1. The van der Waals surface area contributed by atoms with E-state index in [2.05, 4.69) is 0 Å². The fourth-order valence-corrected chi connectivity index (χ4v) is 2.42. The average molecular weight is 244 g/mol. The molecule has 4 heteroatoms. The molecule has 1 aliphatic rings. The summed E-state index contributed by atoms with van der Waals surface area (Å²) in [6, 6.07) is 7.19. The minimum atomic E-state index is -0.00975. The number of rotatable bonds is 1. The van der Waals surface area contributed by atoms with Crippen LogP contribution in [0.5, 0.6) is 0 Å². The van der Waals surface area contributed by atoms with Gasteiger partial charge in [-0.15, -0.1) is 0 Å². The molecule has 0 radical (unpaired) electrons. The number of nitrogens with zero attached hydrogens (tertiary/aromatic N) is 1. The Hall–Kier alpha value is -1.97. The molecule has 3 rings (SSSR count). The highest BCUT2D eigenvalue weighted by Crippen LogP contribution is 2.23. The van der Waals surface area contributed by atoms with E-state index >= 15 is 0 Å². The third-order valence-electron chi connectivity index (χ3n) is 3.39. The highest BCUT2D eigenvalue weighted by molar-refractivity contribution is 5.96. The van der Waals surface area contributed by atoms with Crippen molar-refractivity contribution in [2.24, 2.45) is 0 Å². The molecule has 0 atom stereocenters. The van der Waals surface area contributed by atoms with Gasteiger partial charge < -0.3 is 15.1 Å². The van der Waals surface area contributed by atoms with Crippen LogP contribution in [0, 0.1) is 0 Å². The second-order valence-corrected chi connectivity index (χ2v) is 4.76. The van der Waals surface area contributed by atoms with Crippen molar-refractivity contribution in [1.29, 1.82) is 0 Å². The van der Waals surface area contributed by atoms with Gasteiger partial charge in [0.2, 0.25) is 0 Å². The molecule has 0 unspecified atom stereocenters. The largest absolute Gasteiger partial charge is 0.451 e. The quantitative estimate of drug-likeness (QED) is 0.784. The number of hydrogen-bond acceptors (Lipinski definition) is 3. The summed E-state index contributed by atoms with van der Waals surface area (Å²) in [5, 5.41) is 0.885. The lowest BCUT2D eigenvalue weighted by atomic mass is 10.1. The Kier molecular flexibility index (Phi) is 2.70. The van der Waals surface area contributed by atoms with Gasteiger partial charge in [0, 0.05) is 24.2 Å². The zero-order valence-corrected chi connectivity index (χ0v) is 10.2. The molecule has 2 heterocycles. The molecule has 1 aromatic carbocycles. The van der Waals surface area contributed by atoms with Gasteiger partial charge in [0.05, 0.1) is 0 Å². The van der Waals surface area contributed by atoms with Gasteiger partial charge in [0.25, 0.3) is 5.91 Å². The summed E-state index contributed by atoms with van der Waals surface area (Å²) in [6.07, 6.45) is 3.37. The topological polar surface area (TPSA) is 59.5 Å². The number of amides is 1. The van der Waals surface area contributed by atoms with Gasteiger partial charge in [0.15, 0.2) is 5.76 Å². The lowest BCUT2D eigenvalue weighted by molar-refractivity contribution is 0.0694. The molecule has 0 spiro atoms. The number of anilines is 1. The average Bonchev–Trinajstić information content (AvgIpc) is 2.81. The van der Waals surface area contributed by atoms with Crippen LogP contribution < -0.4 is 5.73 Å². The van der Waals surface area contributed by atoms with Crippen molar-refractivity contribution >= 4 is 22.6 Å². The van der Waals surface area contributed by atoms with Crippen molar-refractivity contribution in [3.8, 4) is 0 Å². The first-order chi connectivity index (χ1) is 8.74. The summed E-state index contributed by atoms with van der Waals surface area (Å²) < 4.78 is 5.59. The van der Waals surface area contributed by atoms with Crippen molar-refractivity contribution in [3.05, 3.63) is 30.0 Å². The monoisotopic (exact) mass is 244 g/mol. The molecule has 0 bridgehead atoms. The molecule has 94 valence electrons. The predicted molar refractivity (Wildman–Crippen MR) is 70.4 cm³/mol. The number of likely N-dealkylation sites (tertiary alicyclic amines) is 1. The maximum absolute atomic E-state index is 12.3. The van der Waals surface area contributed by atoms with Crippen LogP contribution in [0.2, 0.25) is 0 Å². The van der Waals surface area contributed by atoms with Gasteiger partial charge >= 0.3 is 0 Å². The number of benzene rings is 1. The van der Waals surface area contributed by atoms with E-state index in [1.165, 1.54) is 6.42 Å². The number of hydrogen-bond donors (Lipinski definition) is 1. The first kappa shape index (κ1) is 11.1. The number of furan rings is 1. The second-order valence-electron chi connectivity index (χ2n) is 4.76. The predicted octanol–water partition coefficient (Wildman–Crippen LogP) is 2.64. The summed E-state index contributed by atoms with van der Waals surface area (Å²) >= 11 is 0. The van der Waals surface area contributed by atoms with Crippen LogP contribution in [0.1, 0.15) is 29.8 Å². The smallest absolute Gasteiger partial charge is 0.289 e. The Morgan fingerprint density at radius 1 is 1.17 bits per heavy atom. The van der Waals surface area contributed by atoms with Gasteiger partial charge in [0.1, 0.15) is 5.58 Å². The van der Waals surface area contributed by atoms with Crippen molar-refractivity contribution in [2.75, 3.05) is 18.8 Å². The maximum atomic E-state index is 12.3. The van der Waals surface area contributed by atoms with Gasteiger partial charge in [-0.25, -0.2) is 0 Å². The summed E-state index contributed by atoms with van der Waals surface area (Å²) in [5.74, 6) is 0.405. The van der Waals surface area contributed by atoms with Crippen molar-refractivity contribution in [2.45, 2.75) is 19.3 Å². The van der Waals surface area contributed by atoms with Crippen LogP contribution in [0.3, 0.4) is 0 Å². The van der Waals surface area contributed by atoms with E-state index in [-0.39, 0.29) is 5.91 Å². The van der Waals surface area contributed by atoms with Crippen LogP contribution in [0.15, 0.2) is 28.7 Å². The van der Waals surface area contributed by atoms with E-state index < -0.39 is 0 Å². The highest BCUT2D eigenvalue weighted by atomic mass is 16.3.